The molecule has 0 spiro atoms. The van der Waals surface area contributed by atoms with Crippen molar-refractivity contribution in [2.45, 2.75) is 31.3 Å². The van der Waals surface area contributed by atoms with Crippen molar-refractivity contribution >= 4 is 5.91 Å². The third kappa shape index (κ3) is 3.31. The molecule has 1 fully saturated rings. The number of hydrogen-bond donors (Lipinski definition) is 2. The van der Waals surface area contributed by atoms with Crippen molar-refractivity contribution in [1.29, 1.82) is 0 Å². The van der Waals surface area contributed by atoms with Crippen molar-refractivity contribution in [3.63, 3.8) is 0 Å². The first-order valence-corrected chi connectivity index (χ1v) is 6.28. The van der Waals surface area contributed by atoms with Gasteiger partial charge in [-0.15, -0.1) is 0 Å². The van der Waals surface area contributed by atoms with Crippen LogP contribution in [0.3, 0.4) is 0 Å². The van der Waals surface area contributed by atoms with E-state index in [-0.39, 0.29) is 11.4 Å². The maximum absolute atomic E-state index is 12.0. The van der Waals surface area contributed by atoms with Crippen LogP contribution in [0, 0.1) is 0 Å². The van der Waals surface area contributed by atoms with E-state index in [0.717, 1.165) is 12.0 Å². The average Bonchev–Trinajstić information content (AvgIpc) is 2.77. The van der Waals surface area contributed by atoms with E-state index in [1.165, 1.54) is 0 Å². The van der Waals surface area contributed by atoms with E-state index in [0.29, 0.717) is 19.6 Å². The predicted octanol–water partition coefficient (Wildman–Crippen LogP) is 0.852. The molecule has 3 N–H and O–H groups in total. The van der Waals surface area contributed by atoms with Crippen molar-refractivity contribution < 1.29 is 9.53 Å². The van der Waals surface area contributed by atoms with E-state index >= 15 is 0 Å². The van der Waals surface area contributed by atoms with Gasteiger partial charge in [0.1, 0.15) is 0 Å². The summed E-state index contributed by atoms with van der Waals surface area (Å²) in [5.41, 5.74) is 6.75. The van der Waals surface area contributed by atoms with Crippen LogP contribution in [0.15, 0.2) is 30.3 Å². The third-order valence-corrected chi connectivity index (χ3v) is 3.28. The Bertz CT molecular complexity index is 400. The summed E-state index contributed by atoms with van der Waals surface area (Å²) in [5, 5.41) is 2.99. The van der Waals surface area contributed by atoms with Crippen LogP contribution >= 0.6 is 0 Å². The van der Waals surface area contributed by atoms with Gasteiger partial charge in [-0.25, -0.2) is 0 Å². The van der Waals surface area contributed by atoms with Crippen molar-refractivity contribution in [3.05, 3.63) is 35.9 Å². The molecule has 1 heterocycles. The summed E-state index contributed by atoms with van der Waals surface area (Å²) in [6, 6.07) is 9.30. The van der Waals surface area contributed by atoms with Crippen molar-refractivity contribution in [3.8, 4) is 0 Å². The van der Waals surface area contributed by atoms with Gasteiger partial charge in [0.05, 0.1) is 18.2 Å². The molecule has 1 amide bonds. The van der Waals surface area contributed by atoms with Gasteiger partial charge in [-0.2, -0.15) is 0 Å². The molecule has 18 heavy (non-hydrogen) atoms. The lowest BCUT2D eigenvalue weighted by Crippen LogP contribution is -2.53. The Labute approximate surface area is 108 Å². The highest BCUT2D eigenvalue weighted by molar-refractivity contribution is 5.82. The fourth-order valence-electron chi connectivity index (χ4n) is 2.12. The van der Waals surface area contributed by atoms with Crippen LogP contribution in [-0.4, -0.2) is 30.7 Å². The van der Waals surface area contributed by atoms with E-state index in [1.54, 1.807) is 0 Å². The Morgan fingerprint density at radius 1 is 1.50 bits per heavy atom. The molecular weight excluding hydrogens is 228 g/mol. The van der Waals surface area contributed by atoms with Gasteiger partial charge in [-0.1, -0.05) is 30.3 Å². The van der Waals surface area contributed by atoms with E-state index in [4.69, 9.17) is 10.5 Å². The smallest absolute Gasteiger partial charge is 0.237 e. The van der Waals surface area contributed by atoms with Crippen LogP contribution in [0.2, 0.25) is 0 Å². The number of ether oxygens (including phenoxy) is 1. The van der Waals surface area contributed by atoms with Crippen LogP contribution in [-0.2, 0) is 16.0 Å². The summed E-state index contributed by atoms with van der Waals surface area (Å²) in [6.07, 6.45) is 1.40. The molecule has 1 aliphatic rings. The highest BCUT2D eigenvalue weighted by Gasteiger charge is 2.32. The SMILES string of the molecule is CC1(NC(=O)[C@H](N)Cc2ccccc2)CCOC1. The molecule has 0 bridgehead atoms. The molecule has 0 aliphatic carbocycles. The molecule has 0 radical (unpaired) electrons. The van der Waals surface area contributed by atoms with Crippen LogP contribution in [0.4, 0.5) is 0 Å². The Balaban J connectivity index is 1.89. The number of benzene rings is 1. The van der Waals surface area contributed by atoms with Gasteiger partial charge < -0.3 is 15.8 Å². The van der Waals surface area contributed by atoms with Gasteiger partial charge in [-0.05, 0) is 25.3 Å². The van der Waals surface area contributed by atoms with Gasteiger partial charge in [-0.3, -0.25) is 4.79 Å². The maximum Gasteiger partial charge on any atom is 0.237 e. The Morgan fingerprint density at radius 3 is 2.83 bits per heavy atom. The number of nitrogens with two attached hydrogens (primary N) is 1. The fourth-order valence-corrected chi connectivity index (χ4v) is 2.12. The zero-order chi connectivity index (χ0) is 13.0. The number of nitrogens with one attached hydrogen (secondary N) is 1. The van der Waals surface area contributed by atoms with Gasteiger partial charge in [0, 0.05) is 6.61 Å². The Hall–Kier alpha value is -1.39. The van der Waals surface area contributed by atoms with Crippen LogP contribution < -0.4 is 11.1 Å². The Kier molecular flexibility index (Phi) is 3.99. The van der Waals surface area contributed by atoms with Crippen molar-refractivity contribution in [2.24, 2.45) is 5.73 Å². The number of hydrogen-bond acceptors (Lipinski definition) is 3. The van der Waals surface area contributed by atoms with Crippen molar-refractivity contribution in [2.75, 3.05) is 13.2 Å². The minimum atomic E-state index is -0.509. The largest absolute Gasteiger partial charge is 0.379 e. The van der Waals surface area contributed by atoms with E-state index < -0.39 is 6.04 Å². The molecule has 4 heteroatoms. The number of amides is 1. The molecule has 1 aromatic rings. The predicted molar refractivity (Wildman–Crippen MR) is 70.1 cm³/mol. The van der Waals surface area contributed by atoms with Gasteiger partial charge in [0.25, 0.3) is 0 Å². The molecule has 1 aliphatic heterocycles. The third-order valence-electron chi connectivity index (χ3n) is 3.28. The second kappa shape index (κ2) is 5.50. The number of carbonyl (C=O) groups excluding carboxylic acids is 1. The van der Waals surface area contributed by atoms with Crippen LogP contribution in [0.5, 0.6) is 0 Å². The van der Waals surface area contributed by atoms with Crippen molar-refractivity contribution in [1.82, 2.24) is 5.32 Å². The van der Waals surface area contributed by atoms with E-state index in [9.17, 15) is 4.79 Å². The first kappa shape index (κ1) is 13.1. The summed E-state index contributed by atoms with van der Waals surface area (Å²) in [5.74, 6) is -0.105. The average molecular weight is 248 g/mol. The molecule has 4 nitrogen and oxygen atoms in total. The lowest BCUT2D eigenvalue weighted by Gasteiger charge is -2.25. The molecule has 0 saturated carbocycles. The second-order valence-corrected chi connectivity index (χ2v) is 5.15. The summed E-state index contributed by atoms with van der Waals surface area (Å²) in [6.45, 7) is 3.26. The summed E-state index contributed by atoms with van der Waals surface area (Å²) < 4.78 is 5.30. The number of carbonyl (C=O) groups is 1. The van der Waals surface area contributed by atoms with E-state index in [1.807, 2.05) is 37.3 Å². The second-order valence-electron chi connectivity index (χ2n) is 5.15. The first-order valence-electron chi connectivity index (χ1n) is 6.28. The van der Waals surface area contributed by atoms with Gasteiger partial charge >= 0.3 is 0 Å². The molecule has 1 unspecified atom stereocenters. The topological polar surface area (TPSA) is 64.4 Å². The maximum atomic E-state index is 12.0. The lowest BCUT2D eigenvalue weighted by atomic mass is 10.00. The molecule has 2 rings (SSSR count). The standard InChI is InChI=1S/C14H20N2O2/c1-14(7-8-18-10-14)16-13(17)12(15)9-11-5-3-2-4-6-11/h2-6,12H,7-10,15H2,1H3,(H,16,17)/t12-,14?/m1/s1. The zero-order valence-corrected chi connectivity index (χ0v) is 10.7. The lowest BCUT2D eigenvalue weighted by molar-refractivity contribution is -0.124. The molecule has 98 valence electrons. The molecule has 1 saturated heterocycles. The first-order chi connectivity index (χ1) is 8.59. The van der Waals surface area contributed by atoms with Gasteiger partial charge in [0.2, 0.25) is 5.91 Å². The normalized spacial score (nSPS) is 24.8. The highest BCUT2D eigenvalue weighted by Crippen LogP contribution is 2.17. The van der Waals surface area contributed by atoms with Crippen LogP contribution in [0.1, 0.15) is 18.9 Å². The number of rotatable bonds is 4. The van der Waals surface area contributed by atoms with Gasteiger partial charge in [0.15, 0.2) is 0 Å². The Morgan fingerprint density at radius 2 is 2.22 bits per heavy atom. The van der Waals surface area contributed by atoms with Crippen LogP contribution in [0.25, 0.3) is 0 Å². The monoisotopic (exact) mass is 248 g/mol. The minimum Gasteiger partial charge on any atom is -0.379 e. The van der Waals surface area contributed by atoms with E-state index in [2.05, 4.69) is 5.32 Å². The quantitative estimate of drug-likeness (QED) is 0.830. The molecular formula is C14H20N2O2. The fraction of sp³-hybridized carbons (Fsp3) is 0.500. The summed E-state index contributed by atoms with van der Waals surface area (Å²) in [7, 11) is 0. The zero-order valence-electron chi connectivity index (χ0n) is 10.7. The summed E-state index contributed by atoms with van der Waals surface area (Å²) >= 11 is 0. The summed E-state index contributed by atoms with van der Waals surface area (Å²) in [4.78, 5) is 12.0. The highest BCUT2D eigenvalue weighted by atomic mass is 16.5. The molecule has 1 aromatic carbocycles. The molecule has 0 aromatic heterocycles. The minimum absolute atomic E-state index is 0.105. The molecule has 2 atom stereocenters.